The molecule has 0 radical (unpaired) electrons. The lowest BCUT2D eigenvalue weighted by Crippen LogP contribution is -1.98. The van der Waals surface area contributed by atoms with Crippen LogP contribution in [0.4, 0.5) is 0 Å². The van der Waals surface area contributed by atoms with Crippen molar-refractivity contribution >= 4 is 0 Å². The van der Waals surface area contributed by atoms with Crippen LogP contribution in [0.3, 0.4) is 0 Å². The van der Waals surface area contributed by atoms with Crippen molar-refractivity contribution in [2.24, 2.45) is 0 Å². The van der Waals surface area contributed by atoms with Gasteiger partial charge in [-0.15, -0.1) is 0 Å². The van der Waals surface area contributed by atoms with Gasteiger partial charge < -0.3 is 9.47 Å². The first-order valence-electron chi connectivity index (χ1n) is 4.47. The molecule has 1 aromatic rings. The van der Waals surface area contributed by atoms with Crippen molar-refractivity contribution in [3.8, 4) is 11.5 Å². The Morgan fingerprint density at radius 3 is 2.46 bits per heavy atom. The van der Waals surface area contributed by atoms with Gasteiger partial charge in [-0.05, 0) is 38.0 Å². The van der Waals surface area contributed by atoms with Gasteiger partial charge in [0.2, 0.25) is 0 Å². The van der Waals surface area contributed by atoms with Crippen molar-refractivity contribution in [1.82, 2.24) is 0 Å². The third-order valence-electron chi connectivity index (χ3n) is 2.14. The van der Waals surface area contributed by atoms with E-state index in [0.717, 1.165) is 17.1 Å². The molecular formula is C11H16O2. The fraction of sp³-hybridized carbons (Fsp3) is 0.455. The molecule has 0 bridgehead atoms. The van der Waals surface area contributed by atoms with Crippen molar-refractivity contribution in [2.45, 2.75) is 20.8 Å². The minimum Gasteiger partial charge on any atom is -0.493 e. The maximum Gasteiger partial charge on any atom is 0.163 e. The zero-order valence-corrected chi connectivity index (χ0v) is 8.68. The van der Waals surface area contributed by atoms with Crippen LogP contribution in [0.15, 0.2) is 12.1 Å². The highest BCUT2D eigenvalue weighted by molar-refractivity contribution is 5.49. The molecule has 2 nitrogen and oxygen atoms in total. The predicted molar refractivity (Wildman–Crippen MR) is 53.6 cm³/mol. The van der Waals surface area contributed by atoms with Gasteiger partial charge in [0.15, 0.2) is 11.5 Å². The van der Waals surface area contributed by atoms with Crippen molar-refractivity contribution in [3.05, 3.63) is 23.3 Å². The summed E-state index contributed by atoms with van der Waals surface area (Å²) >= 11 is 0. The van der Waals surface area contributed by atoms with Crippen molar-refractivity contribution in [1.29, 1.82) is 0 Å². The molecule has 0 unspecified atom stereocenters. The van der Waals surface area contributed by atoms with Crippen molar-refractivity contribution in [3.63, 3.8) is 0 Å². The molecule has 2 heteroatoms. The Bertz CT molecular complexity index is 292. The van der Waals surface area contributed by atoms with Gasteiger partial charge in [0.1, 0.15) is 0 Å². The van der Waals surface area contributed by atoms with E-state index in [1.54, 1.807) is 7.11 Å². The standard InChI is InChI=1S/C11H16O2/c1-5-13-10-7-6-8(2)9(3)11(10)12-4/h6-7H,5H2,1-4H3. The van der Waals surface area contributed by atoms with E-state index in [4.69, 9.17) is 9.47 Å². The molecule has 0 aliphatic carbocycles. The van der Waals surface area contributed by atoms with E-state index in [2.05, 4.69) is 6.92 Å². The van der Waals surface area contributed by atoms with Gasteiger partial charge in [0.25, 0.3) is 0 Å². The Hall–Kier alpha value is -1.18. The number of hydrogen-bond donors (Lipinski definition) is 0. The summed E-state index contributed by atoms with van der Waals surface area (Å²) in [6.45, 7) is 6.73. The summed E-state index contributed by atoms with van der Waals surface area (Å²) in [7, 11) is 1.67. The van der Waals surface area contributed by atoms with Gasteiger partial charge in [-0.3, -0.25) is 0 Å². The zero-order valence-electron chi connectivity index (χ0n) is 8.68. The van der Waals surface area contributed by atoms with Crippen LogP contribution in [0.2, 0.25) is 0 Å². The summed E-state index contributed by atoms with van der Waals surface area (Å²) in [6, 6.07) is 3.99. The molecular weight excluding hydrogens is 164 g/mol. The molecule has 0 spiro atoms. The molecule has 0 atom stereocenters. The van der Waals surface area contributed by atoms with Gasteiger partial charge in [0, 0.05) is 0 Å². The lowest BCUT2D eigenvalue weighted by Gasteiger charge is -2.13. The average molecular weight is 180 g/mol. The Morgan fingerprint density at radius 1 is 1.23 bits per heavy atom. The number of methoxy groups -OCH3 is 1. The van der Waals surface area contributed by atoms with Crippen LogP contribution in [0, 0.1) is 13.8 Å². The summed E-state index contributed by atoms with van der Waals surface area (Å²) in [6.07, 6.45) is 0. The third kappa shape index (κ3) is 1.94. The Kier molecular flexibility index (Phi) is 3.18. The number of ether oxygens (including phenoxy) is 2. The SMILES string of the molecule is CCOc1ccc(C)c(C)c1OC. The largest absolute Gasteiger partial charge is 0.493 e. The smallest absolute Gasteiger partial charge is 0.163 e. The molecule has 0 amide bonds. The second kappa shape index (κ2) is 4.17. The molecule has 0 aliphatic heterocycles. The van der Waals surface area contributed by atoms with E-state index in [1.807, 2.05) is 26.0 Å². The van der Waals surface area contributed by atoms with E-state index in [-0.39, 0.29) is 0 Å². The van der Waals surface area contributed by atoms with E-state index in [1.165, 1.54) is 5.56 Å². The molecule has 72 valence electrons. The minimum absolute atomic E-state index is 0.666. The second-order valence-corrected chi connectivity index (χ2v) is 2.97. The summed E-state index contributed by atoms with van der Waals surface area (Å²) < 4.78 is 10.7. The van der Waals surface area contributed by atoms with Crippen LogP contribution in [0.5, 0.6) is 11.5 Å². The minimum atomic E-state index is 0.666. The fourth-order valence-electron chi connectivity index (χ4n) is 1.29. The molecule has 0 aromatic heterocycles. The van der Waals surface area contributed by atoms with Crippen molar-refractivity contribution < 1.29 is 9.47 Å². The first kappa shape index (κ1) is 9.90. The normalized spacial score (nSPS) is 9.85. The number of benzene rings is 1. The molecule has 0 aliphatic rings. The molecule has 1 aromatic carbocycles. The van der Waals surface area contributed by atoms with Crippen LogP contribution in [0.1, 0.15) is 18.1 Å². The topological polar surface area (TPSA) is 18.5 Å². The lowest BCUT2D eigenvalue weighted by atomic mass is 10.1. The highest BCUT2D eigenvalue weighted by Gasteiger charge is 2.08. The number of rotatable bonds is 3. The van der Waals surface area contributed by atoms with E-state index in [9.17, 15) is 0 Å². The van der Waals surface area contributed by atoms with Gasteiger partial charge in [-0.25, -0.2) is 0 Å². The highest BCUT2D eigenvalue weighted by atomic mass is 16.5. The molecule has 0 fully saturated rings. The van der Waals surface area contributed by atoms with E-state index in [0.29, 0.717) is 6.61 Å². The predicted octanol–water partition coefficient (Wildman–Crippen LogP) is 2.71. The number of hydrogen-bond acceptors (Lipinski definition) is 2. The van der Waals surface area contributed by atoms with E-state index < -0.39 is 0 Å². The third-order valence-corrected chi connectivity index (χ3v) is 2.14. The summed E-state index contributed by atoms with van der Waals surface area (Å²) in [5.74, 6) is 1.68. The van der Waals surface area contributed by atoms with Crippen LogP contribution in [-0.2, 0) is 0 Å². The first-order valence-corrected chi connectivity index (χ1v) is 4.47. The average Bonchev–Trinajstić information content (AvgIpc) is 2.12. The molecule has 0 saturated heterocycles. The highest BCUT2D eigenvalue weighted by Crippen LogP contribution is 2.32. The monoisotopic (exact) mass is 180 g/mol. The summed E-state index contributed by atoms with van der Waals surface area (Å²) in [5, 5.41) is 0. The van der Waals surface area contributed by atoms with Crippen LogP contribution >= 0.6 is 0 Å². The van der Waals surface area contributed by atoms with Gasteiger partial charge >= 0.3 is 0 Å². The maximum absolute atomic E-state index is 5.44. The van der Waals surface area contributed by atoms with Gasteiger partial charge in [0.05, 0.1) is 13.7 Å². The molecule has 0 saturated carbocycles. The van der Waals surface area contributed by atoms with Crippen molar-refractivity contribution in [2.75, 3.05) is 13.7 Å². The maximum atomic E-state index is 5.44. The Balaban J connectivity index is 3.13. The molecule has 0 heterocycles. The molecule has 1 rings (SSSR count). The zero-order chi connectivity index (χ0) is 9.84. The lowest BCUT2D eigenvalue weighted by molar-refractivity contribution is 0.309. The van der Waals surface area contributed by atoms with E-state index >= 15 is 0 Å². The van der Waals surface area contributed by atoms with Gasteiger partial charge in [-0.2, -0.15) is 0 Å². The molecule has 13 heavy (non-hydrogen) atoms. The Morgan fingerprint density at radius 2 is 1.92 bits per heavy atom. The quantitative estimate of drug-likeness (QED) is 0.712. The second-order valence-electron chi connectivity index (χ2n) is 2.97. The Labute approximate surface area is 79.5 Å². The summed E-state index contributed by atoms with van der Waals surface area (Å²) in [5.41, 5.74) is 2.37. The number of aryl methyl sites for hydroxylation is 1. The first-order chi connectivity index (χ1) is 6.20. The fourth-order valence-corrected chi connectivity index (χ4v) is 1.29. The van der Waals surface area contributed by atoms with Crippen LogP contribution in [0.25, 0.3) is 0 Å². The van der Waals surface area contributed by atoms with Crippen LogP contribution in [-0.4, -0.2) is 13.7 Å². The van der Waals surface area contributed by atoms with Gasteiger partial charge in [-0.1, -0.05) is 6.07 Å². The molecule has 0 N–H and O–H groups in total. The van der Waals surface area contributed by atoms with Crippen LogP contribution < -0.4 is 9.47 Å². The summed E-state index contributed by atoms with van der Waals surface area (Å²) in [4.78, 5) is 0.